The monoisotopic (exact) mass is 639 g/mol. The number of carbonyl (C=O) groups is 3. The first-order valence-electron chi connectivity index (χ1n) is 13.7. The molecule has 0 spiro atoms. The number of thiazole rings is 1. The number of likely N-dealkylation sites (N-methyl/N-ethyl adjacent to an activating group) is 1. The lowest BCUT2D eigenvalue weighted by Crippen LogP contribution is -2.54. The van der Waals surface area contributed by atoms with E-state index in [0.29, 0.717) is 18.4 Å². The molecular weight excluding hydrogens is 609 g/mol. The van der Waals surface area contributed by atoms with Gasteiger partial charge in [0.05, 0.1) is 22.3 Å². The molecule has 0 bridgehead atoms. The van der Waals surface area contributed by atoms with Crippen molar-refractivity contribution in [3.63, 3.8) is 0 Å². The zero-order valence-electron chi connectivity index (χ0n) is 23.5. The summed E-state index contributed by atoms with van der Waals surface area (Å²) in [5.41, 5.74) is 10.2. The predicted octanol–water partition coefficient (Wildman–Crippen LogP) is 2.53. The number of para-hydroxylation sites is 1. The Morgan fingerprint density at radius 2 is 1.70 bits per heavy atom. The Balaban J connectivity index is 1.53. The van der Waals surface area contributed by atoms with Crippen LogP contribution >= 0.6 is 11.3 Å². The largest absolute Gasteiger partial charge is 0.370 e. The number of benzene rings is 2. The van der Waals surface area contributed by atoms with Crippen LogP contribution in [0.2, 0.25) is 0 Å². The molecule has 1 fully saturated rings. The number of amides is 2. The van der Waals surface area contributed by atoms with Gasteiger partial charge in [-0.05, 0) is 44.9 Å². The number of hydrogen-bond acceptors (Lipinski definition) is 7. The highest BCUT2D eigenvalue weighted by atomic mass is 32.1. The average molecular weight is 640 g/mol. The van der Waals surface area contributed by atoms with Crippen LogP contribution in [0.3, 0.4) is 0 Å². The maximum atomic E-state index is 14.3. The van der Waals surface area contributed by atoms with E-state index in [1.807, 2.05) is 6.07 Å². The number of nitrogens with one attached hydrogen (secondary N) is 2. The van der Waals surface area contributed by atoms with Gasteiger partial charge in [-0.3, -0.25) is 19.4 Å². The summed E-state index contributed by atoms with van der Waals surface area (Å²) in [6, 6.07) is 3.63. The van der Waals surface area contributed by atoms with Crippen LogP contribution in [-0.2, 0) is 16.0 Å². The van der Waals surface area contributed by atoms with Crippen LogP contribution in [0.25, 0.3) is 10.2 Å². The van der Waals surface area contributed by atoms with E-state index in [2.05, 4.69) is 20.6 Å². The standard InChI is InChI=1S/C28H30F5N7O3S/c1-36-16(12-13-19(29)21(31)23(33)22(32)20(13)30)27(43)40-11-5-8-17(40)25(42)38-15(7-4-10-37-28(34)35)24(41)26-39-14-6-2-3-9-18(14)44-26/h2-3,6,9,15-17,36H,4-5,7-8,10-12H2,1H3,(H,38,42)(H4,34,35,37)/t15-,16+,17-/m0/s1. The molecule has 0 saturated carbocycles. The molecule has 3 atom stereocenters. The lowest BCUT2D eigenvalue weighted by atomic mass is 10.0. The summed E-state index contributed by atoms with van der Waals surface area (Å²) < 4.78 is 70.5. The fraction of sp³-hybridized carbons (Fsp3) is 0.393. The number of halogens is 5. The van der Waals surface area contributed by atoms with E-state index in [4.69, 9.17) is 11.5 Å². The van der Waals surface area contributed by atoms with E-state index >= 15 is 0 Å². The first-order valence-corrected chi connectivity index (χ1v) is 14.5. The highest BCUT2D eigenvalue weighted by Crippen LogP contribution is 2.27. The molecule has 2 amide bonds. The molecule has 1 saturated heterocycles. The van der Waals surface area contributed by atoms with Crippen molar-refractivity contribution in [2.75, 3.05) is 20.1 Å². The van der Waals surface area contributed by atoms with Crippen molar-refractivity contribution in [3.8, 4) is 0 Å². The third-order valence-corrected chi connectivity index (χ3v) is 8.33. The molecule has 1 aromatic heterocycles. The van der Waals surface area contributed by atoms with Gasteiger partial charge in [0.25, 0.3) is 0 Å². The summed E-state index contributed by atoms with van der Waals surface area (Å²) in [6.07, 6.45) is 0.222. The average Bonchev–Trinajstić information content (AvgIpc) is 3.68. The van der Waals surface area contributed by atoms with Crippen molar-refractivity contribution in [3.05, 3.63) is 63.9 Å². The van der Waals surface area contributed by atoms with Gasteiger partial charge in [0.15, 0.2) is 34.2 Å². The summed E-state index contributed by atoms with van der Waals surface area (Å²) in [6.45, 7) is 0.282. The fourth-order valence-corrected chi connectivity index (χ4v) is 5.98. The van der Waals surface area contributed by atoms with Crippen LogP contribution < -0.4 is 22.1 Å². The number of nitrogens with two attached hydrogens (primary N) is 2. The lowest BCUT2D eigenvalue weighted by molar-refractivity contribution is -0.140. The van der Waals surface area contributed by atoms with Gasteiger partial charge in [0, 0.05) is 25.1 Å². The Bertz CT molecular complexity index is 1540. The molecule has 0 unspecified atom stereocenters. The SMILES string of the molecule is CN[C@H](Cc1c(F)c(F)c(F)c(F)c1F)C(=O)N1CCC[C@H]1C(=O)N[C@@H](CCCN=C(N)N)C(=O)c1nc2ccccc2s1. The third kappa shape index (κ3) is 6.96. The van der Waals surface area contributed by atoms with E-state index < -0.39 is 76.8 Å². The molecule has 10 nitrogen and oxygen atoms in total. The van der Waals surface area contributed by atoms with Gasteiger partial charge in [-0.15, -0.1) is 11.3 Å². The van der Waals surface area contributed by atoms with E-state index in [-0.39, 0.29) is 36.9 Å². The molecule has 16 heteroatoms. The minimum absolute atomic E-state index is 0.0905. The number of guanidine groups is 1. The van der Waals surface area contributed by atoms with Crippen molar-refractivity contribution in [2.24, 2.45) is 16.5 Å². The van der Waals surface area contributed by atoms with Gasteiger partial charge < -0.3 is 27.0 Å². The Morgan fingerprint density at radius 3 is 2.34 bits per heavy atom. The second kappa shape index (κ2) is 14.1. The maximum absolute atomic E-state index is 14.3. The number of hydrogen-bond donors (Lipinski definition) is 4. The minimum atomic E-state index is -2.30. The molecule has 3 aromatic rings. The zero-order valence-corrected chi connectivity index (χ0v) is 24.3. The number of Topliss-reactive ketones (excluding diaryl/α,β-unsaturated/α-hetero) is 1. The summed E-state index contributed by atoms with van der Waals surface area (Å²) in [7, 11) is 1.28. The second-order valence-electron chi connectivity index (χ2n) is 10.1. The smallest absolute Gasteiger partial charge is 0.243 e. The number of rotatable bonds is 12. The molecule has 2 aromatic carbocycles. The van der Waals surface area contributed by atoms with E-state index in [1.165, 1.54) is 23.3 Å². The number of nitrogens with zero attached hydrogens (tertiary/aromatic N) is 3. The van der Waals surface area contributed by atoms with Crippen molar-refractivity contribution in [1.29, 1.82) is 0 Å². The normalized spacial score (nSPS) is 16.1. The van der Waals surface area contributed by atoms with E-state index in [0.717, 1.165) is 4.70 Å². The first-order chi connectivity index (χ1) is 20.9. The topological polar surface area (TPSA) is 156 Å². The number of fused-ring (bicyclic) bond motifs is 1. The molecule has 2 heterocycles. The lowest BCUT2D eigenvalue weighted by Gasteiger charge is -2.29. The summed E-state index contributed by atoms with van der Waals surface area (Å²) in [4.78, 5) is 49.9. The Hall–Kier alpha value is -4.18. The van der Waals surface area contributed by atoms with Gasteiger partial charge in [0.2, 0.25) is 23.4 Å². The molecule has 1 aliphatic rings. The second-order valence-corrected chi connectivity index (χ2v) is 11.2. The number of likely N-dealkylation sites (tertiary alicyclic amines) is 1. The minimum Gasteiger partial charge on any atom is -0.370 e. The third-order valence-electron chi connectivity index (χ3n) is 7.28. The van der Waals surface area contributed by atoms with E-state index in [9.17, 15) is 36.3 Å². The number of aromatic nitrogens is 1. The zero-order chi connectivity index (χ0) is 32.1. The van der Waals surface area contributed by atoms with Crippen LogP contribution in [0.4, 0.5) is 22.0 Å². The highest BCUT2D eigenvalue weighted by Gasteiger charge is 2.39. The fourth-order valence-electron chi connectivity index (χ4n) is 5.02. The summed E-state index contributed by atoms with van der Waals surface area (Å²) in [5.74, 6) is -12.6. The molecule has 0 radical (unpaired) electrons. The van der Waals surface area contributed by atoms with Gasteiger partial charge in [-0.1, -0.05) is 12.1 Å². The Labute approximate surface area is 252 Å². The van der Waals surface area contributed by atoms with Crippen molar-refractivity contribution >= 4 is 45.1 Å². The summed E-state index contributed by atoms with van der Waals surface area (Å²) >= 11 is 1.17. The van der Waals surface area contributed by atoms with Crippen LogP contribution in [-0.4, -0.2) is 71.7 Å². The van der Waals surface area contributed by atoms with Crippen LogP contribution in [0, 0.1) is 29.1 Å². The van der Waals surface area contributed by atoms with Crippen LogP contribution in [0.1, 0.15) is 41.0 Å². The predicted molar refractivity (Wildman–Crippen MR) is 153 cm³/mol. The van der Waals surface area contributed by atoms with Gasteiger partial charge in [-0.25, -0.2) is 26.9 Å². The van der Waals surface area contributed by atoms with E-state index in [1.54, 1.807) is 18.2 Å². The van der Waals surface area contributed by atoms with Crippen LogP contribution in [0.15, 0.2) is 29.3 Å². The number of ketones is 1. The molecule has 6 N–H and O–H groups in total. The van der Waals surface area contributed by atoms with Gasteiger partial charge in [-0.2, -0.15) is 0 Å². The highest BCUT2D eigenvalue weighted by molar-refractivity contribution is 7.20. The number of aliphatic imine (C=N–C) groups is 1. The Morgan fingerprint density at radius 1 is 1.05 bits per heavy atom. The van der Waals surface area contributed by atoms with Crippen molar-refractivity contribution in [2.45, 2.75) is 50.2 Å². The quantitative estimate of drug-likeness (QED) is 0.0452. The van der Waals surface area contributed by atoms with Crippen molar-refractivity contribution < 1.29 is 36.3 Å². The molecule has 236 valence electrons. The summed E-state index contributed by atoms with van der Waals surface area (Å²) in [5, 5.41) is 5.43. The Kier molecular flexibility index (Phi) is 10.5. The molecule has 44 heavy (non-hydrogen) atoms. The molecule has 4 rings (SSSR count). The van der Waals surface area contributed by atoms with Gasteiger partial charge in [0.1, 0.15) is 6.04 Å². The van der Waals surface area contributed by atoms with Crippen LogP contribution in [0.5, 0.6) is 0 Å². The maximum Gasteiger partial charge on any atom is 0.243 e. The molecular formula is C28H30F5N7O3S. The molecule has 0 aliphatic carbocycles. The number of carbonyl (C=O) groups excluding carboxylic acids is 3. The molecule has 1 aliphatic heterocycles. The van der Waals surface area contributed by atoms with Gasteiger partial charge >= 0.3 is 0 Å². The van der Waals surface area contributed by atoms with Crippen molar-refractivity contribution in [1.82, 2.24) is 20.5 Å². The first kappa shape index (κ1) is 32.7.